The Labute approximate surface area is 79.1 Å². The molecule has 0 aromatic carbocycles. The van der Waals surface area contributed by atoms with Gasteiger partial charge in [-0.1, -0.05) is 0 Å². The SMILES string of the molecule is O=C(c1cccnc1)c1nccs1. The van der Waals surface area contributed by atoms with E-state index in [1.165, 1.54) is 11.3 Å². The van der Waals surface area contributed by atoms with E-state index in [0.29, 0.717) is 10.6 Å². The van der Waals surface area contributed by atoms with E-state index in [-0.39, 0.29) is 5.78 Å². The van der Waals surface area contributed by atoms with Gasteiger partial charge < -0.3 is 0 Å². The van der Waals surface area contributed by atoms with E-state index < -0.39 is 0 Å². The summed E-state index contributed by atoms with van der Waals surface area (Å²) >= 11 is 1.34. The minimum Gasteiger partial charge on any atom is -0.286 e. The minimum absolute atomic E-state index is 0.0666. The zero-order valence-corrected chi connectivity index (χ0v) is 7.49. The quantitative estimate of drug-likeness (QED) is 0.678. The van der Waals surface area contributed by atoms with Gasteiger partial charge in [0.05, 0.1) is 0 Å². The summed E-state index contributed by atoms with van der Waals surface area (Å²) in [6, 6.07) is 3.47. The number of hydrogen-bond donors (Lipinski definition) is 0. The molecule has 0 atom stereocenters. The van der Waals surface area contributed by atoms with Gasteiger partial charge in [-0.2, -0.15) is 0 Å². The maximum atomic E-state index is 11.6. The first-order chi connectivity index (χ1) is 6.38. The highest BCUT2D eigenvalue weighted by Crippen LogP contribution is 2.10. The molecular formula is C9H6N2OS. The second-order valence-electron chi connectivity index (χ2n) is 2.41. The molecule has 2 aromatic heterocycles. The minimum atomic E-state index is -0.0666. The smallest absolute Gasteiger partial charge is 0.223 e. The molecule has 2 aromatic rings. The van der Waals surface area contributed by atoms with Crippen LogP contribution in [0.4, 0.5) is 0 Å². The lowest BCUT2D eigenvalue weighted by Crippen LogP contribution is -2.00. The summed E-state index contributed by atoms with van der Waals surface area (Å²) < 4.78 is 0. The average molecular weight is 190 g/mol. The maximum Gasteiger partial charge on any atom is 0.223 e. The third kappa shape index (κ3) is 1.62. The molecule has 0 amide bonds. The van der Waals surface area contributed by atoms with Crippen molar-refractivity contribution in [2.24, 2.45) is 0 Å². The van der Waals surface area contributed by atoms with E-state index in [2.05, 4.69) is 9.97 Å². The molecule has 64 valence electrons. The van der Waals surface area contributed by atoms with E-state index >= 15 is 0 Å². The van der Waals surface area contributed by atoms with Gasteiger partial charge >= 0.3 is 0 Å². The van der Waals surface area contributed by atoms with Gasteiger partial charge in [-0.3, -0.25) is 9.78 Å². The topological polar surface area (TPSA) is 42.9 Å². The lowest BCUT2D eigenvalue weighted by atomic mass is 10.2. The highest BCUT2D eigenvalue weighted by Gasteiger charge is 2.10. The van der Waals surface area contributed by atoms with Crippen molar-refractivity contribution in [3.05, 3.63) is 46.7 Å². The largest absolute Gasteiger partial charge is 0.286 e. The van der Waals surface area contributed by atoms with Gasteiger partial charge in [-0.15, -0.1) is 11.3 Å². The van der Waals surface area contributed by atoms with Crippen LogP contribution >= 0.6 is 11.3 Å². The van der Waals surface area contributed by atoms with Gasteiger partial charge in [0.1, 0.15) is 0 Å². The van der Waals surface area contributed by atoms with Crippen molar-refractivity contribution < 1.29 is 4.79 Å². The molecule has 0 aliphatic rings. The van der Waals surface area contributed by atoms with Crippen molar-refractivity contribution in [3.8, 4) is 0 Å². The Bertz CT molecular complexity index is 397. The van der Waals surface area contributed by atoms with Crippen molar-refractivity contribution in [1.29, 1.82) is 0 Å². The van der Waals surface area contributed by atoms with Crippen molar-refractivity contribution in [1.82, 2.24) is 9.97 Å². The summed E-state index contributed by atoms with van der Waals surface area (Å²) in [5.41, 5.74) is 0.581. The highest BCUT2D eigenvalue weighted by molar-refractivity contribution is 7.11. The second-order valence-corrected chi connectivity index (χ2v) is 3.30. The van der Waals surface area contributed by atoms with Crippen molar-refractivity contribution in [2.45, 2.75) is 0 Å². The lowest BCUT2D eigenvalue weighted by Gasteiger charge is -1.93. The van der Waals surface area contributed by atoms with Crippen LogP contribution in [0.3, 0.4) is 0 Å². The number of nitrogens with zero attached hydrogens (tertiary/aromatic N) is 2. The van der Waals surface area contributed by atoms with E-state index in [0.717, 1.165) is 0 Å². The Morgan fingerprint density at radius 2 is 2.31 bits per heavy atom. The van der Waals surface area contributed by atoms with Gasteiger partial charge in [0.25, 0.3) is 0 Å². The number of hydrogen-bond acceptors (Lipinski definition) is 4. The van der Waals surface area contributed by atoms with E-state index in [1.807, 2.05) is 0 Å². The maximum absolute atomic E-state index is 11.6. The van der Waals surface area contributed by atoms with Crippen LogP contribution in [0.5, 0.6) is 0 Å². The van der Waals surface area contributed by atoms with Crippen LogP contribution in [0.1, 0.15) is 15.4 Å². The summed E-state index contributed by atoms with van der Waals surface area (Å²) in [7, 11) is 0. The first-order valence-corrected chi connectivity index (χ1v) is 4.60. The van der Waals surface area contributed by atoms with Gasteiger partial charge in [0.2, 0.25) is 5.78 Å². The molecule has 0 fully saturated rings. The fourth-order valence-electron chi connectivity index (χ4n) is 0.956. The molecule has 0 N–H and O–H groups in total. The molecule has 0 radical (unpaired) electrons. The molecule has 0 saturated heterocycles. The molecule has 2 rings (SSSR count). The summed E-state index contributed by atoms with van der Waals surface area (Å²) in [4.78, 5) is 19.4. The number of carbonyl (C=O) groups is 1. The van der Waals surface area contributed by atoms with Gasteiger partial charge in [-0.25, -0.2) is 4.98 Å². The second kappa shape index (κ2) is 3.45. The number of rotatable bonds is 2. The Kier molecular flexibility index (Phi) is 2.14. The molecule has 0 saturated carbocycles. The molecule has 0 aliphatic heterocycles. The number of thiazole rings is 1. The third-order valence-corrected chi connectivity index (χ3v) is 2.32. The van der Waals surface area contributed by atoms with E-state index in [4.69, 9.17) is 0 Å². The Morgan fingerprint density at radius 3 is 2.92 bits per heavy atom. The monoisotopic (exact) mass is 190 g/mol. The van der Waals surface area contributed by atoms with Crippen molar-refractivity contribution in [2.75, 3.05) is 0 Å². The van der Waals surface area contributed by atoms with Gasteiger partial charge in [-0.05, 0) is 12.1 Å². The normalized spacial score (nSPS) is 9.85. The van der Waals surface area contributed by atoms with E-state index in [1.54, 1.807) is 36.1 Å². The highest BCUT2D eigenvalue weighted by atomic mass is 32.1. The first-order valence-electron chi connectivity index (χ1n) is 3.72. The van der Waals surface area contributed by atoms with Crippen LogP contribution in [0.15, 0.2) is 36.1 Å². The van der Waals surface area contributed by atoms with Gasteiger partial charge in [0, 0.05) is 29.5 Å². The van der Waals surface area contributed by atoms with Crippen LogP contribution in [-0.4, -0.2) is 15.8 Å². The Balaban J connectivity index is 2.34. The molecule has 0 spiro atoms. The summed E-state index contributed by atoms with van der Waals surface area (Å²) in [6.07, 6.45) is 4.80. The zero-order chi connectivity index (χ0) is 9.10. The molecule has 0 aliphatic carbocycles. The van der Waals surface area contributed by atoms with Crippen LogP contribution in [0, 0.1) is 0 Å². The molecular weight excluding hydrogens is 184 g/mol. The average Bonchev–Trinajstić information content (AvgIpc) is 2.71. The molecule has 13 heavy (non-hydrogen) atoms. The molecule has 0 bridgehead atoms. The lowest BCUT2D eigenvalue weighted by molar-refractivity contribution is 0.103. The summed E-state index contributed by atoms with van der Waals surface area (Å²) in [5.74, 6) is -0.0666. The van der Waals surface area contributed by atoms with Crippen LogP contribution in [0.2, 0.25) is 0 Å². The Hall–Kier alpha value is -1.55. The Morgan fingerprint density at radius 1 is 1.38 bits per heavy atom. The molecule has 4 heteroatoms. The predicted octanol–water partition coefficient (Wildman–Crippen LogP) is 1.77. The number of aromatic nitrogens is 2. The fraction of sp³-hybridized carbons (Fsp3) is 0. The molecule has 0 unspecified atom stereocenters. The van der Waals surface area contributed by atoms with Crippen LogP contribution < -0.4 is 0 Å². The first kappa shape index (κ1) is 8.07. The zero-order valence-electron chi connectivity index (χ0n) is 6.68. The fourth-order valence-corrected chi connectivity index (χ4v) is 1.55. The summed E-state index contributed by atoms with van der Waals surface area (Å²) in [6.45, 7) is 0. The summed E-state index contributed by atoms with van der Waals surface area (Å²) in [5, 5.41) is 2.29. The van der Waals surface area contributed by atoms with Gasteiger partial charge in [0.15, 0.2) is 5.01 Å². The third-order valence-electron chi connectivity index (χ3n) is 1.55. The van der Waals surface area contributed by atoms with Crippen molar-refractivity contribution in [3.63, 3.8) is 0 Å². The van der Waals surface area contributed by atoms with E-state index in [9.17, 15) is 4.79 Å². The standard InChI is InChI=1S/C9H6N2OS/c12-8(9-11-4-5-13-9)7-2-1-3-10-6-7/h1-6H. The number of pyridine rings is 1. The predicted molar refractivity (Wildman–Crippen MR) is 49.8 cm³/mol. The van der Waals surface area contributed by atoms with Crippen LogP contribution in [0.25, 0.3) is 0 Å². The van der Waals surface area contributed by atoms with Crippen LogP contribution in [-0.2, 0) is 0 Å². The molecule has 2 heterocycles. The number of carbonyl (C=O) groups excluding carboxylic acids is 1. The number of ketones is 1. The van der Waals surface area contributed by atoms with Crippen molar-refractivity contribution >= 4 is 17.1 Å². The molecule has 3 nitrogen and oxygen atoms in total.